The van der Waals surface area contributed by atoms with Crippen molar-refractivity contribution in [3.63, 3.8) is 0 Å². The van der Waals surface area contributed by atoms with Gasteiger partial charge in [0.15, 0.2) is 4.67 Å². The maximum Gasteiger partial charge on any atom is 0.404 e. The fourth-order valence-electron chi connectivity index (χ4n) is 1.75. The van der Waals surface area contributed by atoms with Gasteiger partial charge in [-0.25, -0.2) is 4.79 Å². The molecule has 0 atom stereocenters. The number of fused-ring (bicyclic) bond motifs is 1. The molecule has 6 heteroatoms. The molecule has 0 spiro atoms. The van der Waals surface area contributed by atoms with Crippen molar-refractivity contribution in [1.82, 2.24) is 5.32 Å². The normalized spacial score (nSPS) is 10.6. The number of rotatable bonds is 4. The van der Waals surface area contributed by atoms with Gasteiger partial charge in [-0.1, -0.05) is 0 Å². The largest absolute Gasteiger partial charge is 0.497 e. The third-order valence-electron chi connectivity index (χ3n) is 2.60. The summed E-state index contributed by atoms with van der Waals surface area (Å²) in [4.78, 5) is 10.4. The molecule has 0 radical (unpaired) electrons. The SMILES string of the molecule is COc1ccc2c(CCNC(=O)O)c(Br)oc2c1. The third kappa shape index (κ3) is 2.59. The minimum atomic E-state index is -1.03. The van der Waals surface area contributed by atoms with Crippen molar-refractivity contribution in [2.45, 2.75) is 6.42 Å². The second-order valence-corrected chi connectivity index (χ2v) is 4.42. The van der Waals surface area contributed by atoms with Gasteiger partial charge in [0, 0.05) is 23.6 Å². The van der Waals surface area contributed by atoms with Crippen LogP contribution in [0.2, 0.25) is 0 Å². The van der Waals surface area contributed by atoms with Crippen LogP contribution in [0.3, 0.4) is 0 Å². The number of benzene rings is 1. The van der Waals surface area contributed by atoms with Gasteiger partial charge in [0.25, 0.3) is 0 Å². The topological polar surface area (TPSA) is 71.7 Å². The van der Waals surface area contributed by atoms with Gasteiger partial charge in [-0.3, -0.25) is 0 Å². The Kier molecular flexibility index (Phi) is 3.76. The zero-order chi connectivity index (χ0) is 13.1. The highest BCUT2D eigenvalue weighted by Gasteiger charge is 2.12. The summed E-state index contributed by atoms with van der Waals surface area (Å²) in [7, 11) is 1.59. The number of carbonyl (C=O) groups is 1. The molecule has 0 bridgehead atoms. The van der Waals surface area contributed by atoms with E-state index in [4.69, 9.17) is 14.3 Å². The van der Waals surface area contributed by atoms with Crippen LogP contribution >= 0.6 is 15.9 Å². The first-order chi connectivity index (χ1) is 8.61. The molecule has 18 heavy (non-hydrogen) atoms. The fraction of sp³-hybridized carbons (Fsp3) is 0.250. The second kappa shape index (κ2) is 5.30. The van der Waals surface area contributed by atoms with E-state index in [1.807, 2.05) is 12.1 Å². The molecule has 1 amide bonds. The summed E-state index contributed by atoms with van der Waals surface area (Å²) in [5.74, 6) is 0.721. The Hall–Kier alpha value is -1.69. The Morgan fingerprint density at radius 1 is 1.56 bits per heavy atom. The predicted molar refractivity (Wildman–Crippen MR) is 70.2 cm³/mol. The zero-order valence-electron chi connectivity index (χ0n) is 9.70. The van der Waals surface area contributed by atoms with Crippen LogP contribution in [-0.2, 0) is 6.42 Å². The first-order valence-corrected chi connectivity index (χ1v) is 6.13. The highest BCUT2D eigenvalue weighted by atomic mass is 79.9. The second-order valence-electron chi connectivity index (χ2n) is 3.70. The summed E-state index contributed by atoms with van der Waals surface area (Å²) >= 11 is 3.34. The molecule has 1 aromatic heterocycles. The molecule has 5 nitrogen and oxygen atoms in total. The molecule has 0 aliphatic heterocycles. The lowest BCUT2D eigenvalue weighted by Crippen LogP contribution is -2.23. The van der Waals surface area contributed by atoms with Gasteiger partial charge in [0.1, 0.15) is 11.3 Å². The maximum absolute atomic E-state index is 10.4. The van der Waals surface area contributed by atoms with Gasteiger partial charge in [0.05, 0.1) is 7.11 Å². The highest BCUT2D eigenvalue weighted by Crippen LogP contribution is 2.32. The Bertz CT molecular complexity index is 579. The molecule has 96 valence electrons. The quantitative estimate of drug-likeness (QED) is 0.910. The van der Waals surface area contributed by atoms with E-state index in [2.05, 4.69) is 21.2 Å². The summed E-state index contributed by atoms with van der Waals surface area (Å²) in [5.41, 5.74) is 1.66. The lowest BCUT2D eigenvalue weighted by Gasteiger charge is -2.01. The van der Waals surface area contributed by atoms with Crippen molar-refractivity contribution in [1.29, 1.82) is 0 Å². The van der Waals surface area contributed by atoms with Crippen molar-refractivity contribution in [2.75, 3.05) is 13.7 Å². The number of amides is 1. The van der Waals surface area contributed by atoms with Gasteiger partial charge in [-0.15, -0.1) is 0 Å². The summed E-state index contributed by atoms with van der Waals surface area (Å²) in [6.45, 7) is 0.342. The van der Waals surface area contributed by atoms with Crippen LogP contribution in [0, 0.1) is 0 Å². The third-order valence-corrected chi connectivity index (χ3v) is 3.24. The highest BCUT2D eigenvalue weighted by molar-refractivity contribution is 9.10. The van der Waals surface area contributed by atoms with E-state index in [-0.39, 0.29) is 0 Å². The fourth-order valence-corrected chi connectivity index (χ4v) is 2.34. The van der Waals surface area contributed by atoms with E-state index in [0.717, 1.165) is 16.7 Å². The summed E-state index contributed by atoms with van der Waals surface area (Å²) in [6.07, 6.45) is -0.466. The number of halogens is 1. The van der Waals surface area contributed by atoms with Crippen LogP contribution in [0.5, 0.6) is 5.75 Å². The van der Waals surface area contributed by atoms with Crippen LogP contribution in [0.4, 0.5) is 4.79 Å². The van der Waals surface area contributed by atoms with Crippen LogP contribution < -0.4 is 10.1 Å². The van der Waals surface area contributed by atoms with Crippen LogP contribution in [0.25, 0.3) is 11.0 Å². The number of hydrogen-bond acceptors (Lipinski definition) is 3. The standard InChI is InChI=1S/C12H12BrNO4/c1-17-7-2-3-8-9(4-5-14-12(15)16)11(13)18-10(8)6-7/h2-3,6,14H,4-5H2,1H3,(H,15,16). The first-order valence-electron chi connectivity index (χ1n) is 5.33. The number of methoxy groups -OCH3 is 1. The Balaban J connectivity index is 2.27. The molecule has 1 aromatic carbocycles. The van der Waals surface area contributed by atoms with Crippen molar-refractivity contribution >= 4 is 33.0 Å². The van der Waals surface area contributed by atoms with E-state index in [1.165, 1.54) is 0 Å². The smallest absolute Gasteiger partial charge is 0.404 e. The molecular weight excluding hydrogens is 302 g/mol. The average molecular weight is 314 g/mol. The number of ether oxygens (including phenoxy) is 1. The molecule has 0 unspecified atom stereocenters. The van der Waals surface area contributed by atoms with Gasteiger partial charge in [0.2, 0.25) is 0 Å². The van der Waals surface area contributed by atoms with E-state index >= 15 is 0 Å². The van der Waals surface area contributed by atoms with E-state index in [1.54, 1.807) is 13.2 Å². The van der Waals surface area contributed by atoms with Crippen molar-refractivity contribution in [2.24, 2.45) is 0 Å². The van der Waals surface area contributed by atoms with E-state index < -0.39 is 6.09 Å². The van der Waals surface area contributed by atoms with Gasteiger partial charge < -0.3 is 19.6 Å². The van der Waals surface area contributed by atoms with Crippen molar-refractivity contribution in [3.05, 3.63) is 28.4 Å². The number of furan rings is 1. The predicted octanol–water partition coefficient (Wildman–Crippen LogP) is 3.01. The van der Waals surface area contributed by atoms with E-state index in [0.29, 0.717) is 23.2 Å². The van der Waals surface area contributed by atoms with Crippen LogP contribution in [0.1, 0.15) is 5.56 Å². The molecule has 2 rings (SSSR count). The Morgan fingerprint density at radius 3 is 3.00 bits per heavy atom. The number of hydrogen-bond donors (Lipinski definition) is 2. The zero-order valence-corrected chi connectivity index (χ0v) is 11.3. The molecule has 0 saturated heterocycles. The lowest BCUT2D eigenvalue weighted by atomic mass is 10.1. The molecule has 2 aromatic rings. The maximum atomic E-state index is 10.4. The lowest BCUT2D eigenvalue weighted by molar-refractivity contribution is 0.194. The van der Waals surface area contributed by atoms with Gasteiger partial charge >= 0.3 is 6.09 Å². The Morgan fingerprint density at radius 2 is 2.33 bits per heavy atom. The Labute approximate surface area is 112 Å². The monoisotopic (exact) mass is 313 g/mol. The first kappa shape index (κ1) is 12.8. The molecule has 0 aliphatic rings. The van der Waals surface area contributed by atoms with Crippen molar-refractivity contribution in [3.8, 4) is 5.75 Å². The molecule has 1 heterocycles. The minimum Gasteiger partial charge on any atom is -0.497 e. The molecule has 0 aliphatic carbocycles. The molecule has 2 N–H and O–H groups in total. The van der Waals surface area contributed by atoms with Crippen LogP contribution in [-0.4, -0.2) is 24.9 Å². The summed E-state index contributed by atoms with van der Waals surface area (Å²) in [5, 5.41) is 11.8. The molecule has 0 saturated carbocycles. The number of carboxylic acid groups (broad SMARTS) is 1. The van der Waals surface area contributed by atoms with Crippen LogP contribution in [0.15, 0.2) is 27.3 Å². The molecular formula is C12H12BrNO4. The minimum absolute atomic E-state index is 0.342. The molecule has 0 fully saturated rings. The van der Waals surface area contributed by atoms with Crippen molar-refractivity contribution < 1.29 is 19.1 Å². The van der Waals surface area contributed by atoms with Gasteiger partial charge in [-0.05, 0) is 34.5 Å². The number of nitrogens with one attached hydrogen (secondary N) is 1. The average Bonchev–Trinajstić information content (AvgIpc) is 2.64. The summed E-state index contributed by atoms with van der Waals surface area (Å²) in [6, 6.07) is 5.55. The van der Waals surface area contributed by atoms with Gasteiger partial charge in [-0.2, -0.15) is 0 Å². The van der Waals surface area contributed by atoms with E-state index in [9.17, 15) is 4.79 Å². The summed E-state index contributed by atoms with van der Waals surface area (Å²) < 4.78 is 11.3.